The number of nitrogens with two attached hydrogens (primary N) is 1. The van der Waals surface area contributed by atoms with E-state index in [1.165, 1.54) is 29.0 Å². The van der Waals surface area contributed by atoms with Crippen molar-refractivity contribution in [1.82, 2.24) is 10.3 Å². The normalized spacial score (nSPS) is 17.8. The van der Waals surface area contributed by atoms with Gasteiger partial charge in [-0.2, -0.15) is 0 Å². The summed E-state index contributed by atoms with van der Waals surface area (Å²) in [5.41, 5.74) is 8.38. The molecule has 1 unspecified atom stereocenters. The van der Waals surface area contributed by atoms with Crippen LogP contribution in [-0.4, -0.2) is 24.0 Å². The first kappa shape index (κ1) is 17.4. The summed E-state index contributed by atoms with van der Waals surface area (Å²) in [6.07, 6.45) is 4.14. The number of hydrogen-bond donors (Lipinski definition) is 2. The summed E-state index contributed by atoms with van der Waals surface area (Å²) in [5, 5.41) is 4.02. The van der Waals surface area contributed by atoms with Crippen molar-refractivity contribution < 1.29 is 4.79 Å². The van der Waals surface area contributed by atoms with Gasteiger partial charge in [-0.15, -0.1) is 11.3 Å². The quantitative estimate of drug-likeness (QED) is 0.833. The van der Waals surface area contributed by atoms with E-state index >= 15 is 0 Å². The van der Waals surface area contributed by atoms with Crippen LogP contribution in [0.4, 0.5) is 0 Å². The monoisotopic (exact) mass is 345 g/mol. The Morgan fingerprint density at radius 3 is 2.92 bits per heavy atom. The first-order valence-electron chi connectivity index (χ1n) is 8.79. The van der Waals surface area contributed by atoms with E-state index in [2.05, 4.69) is 32.2 Å². The van der Waals surface area contributed by atoms with Gasteiger partial charge in [-0.05, 0) is 61.3 Å². The fraction of sp³-hybridized carbons (Fsp3) is 0.579. The molecular formula is C19H27N3OS. The average molecular weight is 346 g/mol. The van der Waals surface area contributed by atoms with E-state index in [1.807, 2.05) is 6.07 Å². The predicted molar refractivity (Wildman–Crippen MR) is 101 cm³/mol. The first-order valence-corrected chi connectivity index (χ1v) is 9.60. The zero-order valence-corrected chi connectivity index (χ0v) is 15.6. The van der Waals surface area contributed by atoms with E-state index in [0.717, 1.165) is 34.4 Å². The molecule has 0 aromatic carbocycles. The molecule has 0 saturated carbocycles. The average Bonchev–Trinajstić information content (AvgIpc) is 2.94. The third kappa shape index (κ3) is 3.62. The second-order valence-electron chi connectivity index (χ2n) is 7.80. The van der Waals surface area contributed by atoms with Crippen molar-refractivity contribution in [1.29, 1.82) is 0 Å². The molecule has 1 atom stereocenters. The summed E-state index contributed by atoms with van der Waals surface area (Å²) in [6, 6.07) is 4.23. The Labute approximate surface area is 147 Å². The Bertz CT molecular complexity index is 745. The Morgan fingerprint density at radius 2 is 2.21 bits per heavy atom. The smallest absolute Gasteiger partial charge is 0.261 e. The summed E-state index contributed by atoms with van der Waals surface area (Å²) in [5.74, 6) is 0.680. The number of amides is 1. The van der Waals surface area contributed by atoms with Gasteiger partial charge >= 0.3 is 0 Å². The minimum atomic E-state index is -0.0167. The number of hydrogen-bond acceptors (Lipinski definition) is 4. The van der Waals surface area contributed by atoms with Crippen molar-refractivity contribution in [2.24, 2.45) is 17.1 Å². The highest BCUT2D eigenvalue weighted by molar-refractivity contribution is 7.20. The molecule has 2 heterocycles. The SMILES string of the molecule is CC(C)(C)C1CCc2nc3sc(C(=O)NCCCN)cc3cc2C1. The highest BCUT2D eigenvalue weighted by Gasteiger charge is 2.29. The molecule has 0 bridgehead atoms. The number of nitrogens with zero attached hydrogens (tertiary/aromatic N) is 1. The van der Waals surface area contributed by atoms with Gasteiger partial charge in [0.1, 0.15) is 4.83 Å². The lowest BCUT2D eigenvalue weighted by molar-refractivity contribution is 0.0957. The summed E-state index contributed by atoms with van der Waals surface area (Å²) in [4.78, 5) is 18.8. The number of thiophene rings is 1. The van der Waals surface area contributed by atoms with Crippen LogP contribution in [-0.2, 0) is 12.8 Å². The van der Waals surface area contributed by atoms with E-state index in [-0.39, 0.29) is 5.91 Å². The van der Waals surface area contributed by atoms with Gasteiger partial charge in [0, 0.05) is 17.6 Å². The Balaban J connectivity index is 1.83. The van der Waals surface area contributed by atoms with Gasteiger partial charge in [0.2, 0.25) is 0 Å². The number of rotatable bonds is 4. The van der Waals surface area contributed by atoms with Gasteiger partial charge in [0.05, 0.1) is 4.88 Å². The van der Waals surface area contributed by atoms with Gasteiger partial charge in [-0.1, -0.05) is 20.8 Å². The van der Waals surface area contributed by atoms with E-state index < -0.39 is 0 Å². The summed E-state index contributed by atoms with van der Waals surface area (Å²) in [6.45, 7) is 8.19. The predicted octanol–water partition coefficient (Wildman–Crippen LogP) is 3.53. The Hall–Kier alpha value is -1.46. The molecule has 4 nitrogen and oxygen atoms in total. The molecule has 130 valence electrons. The van der Waals surface area contributed by atoms with Gasteiger partial charge in [-0.25, -0.2) is 4.98 Å². The molecular weight excluding hydrogens is 318 g/mol. The van der Waals surface area contributed by atoms with Crippen LogP contribution in [0.3, 0.4) is 0 Å². The first-order chi connectivity index (χ1) is 11.4. The molecule has 0 fully saturated rings. The van der Waals surface area contributed by atoms with Crippen LogP contribution in [0.2, 0.25) is 0 Å². The van der Waals surface area contributed by atoms with Gasteiger partial charge < -0.3 is 11.1 Å². The number of pyridine rings is 1. The minimum Gasteiger partial charge on any atom is -0.351 e. The highest BCUT2D eigenvalue weighted by atomic mass is 32.1. The second kappa shape index (κ2) is 6.81. The number of nitrogens with one attached hydrogen (secondary N) is 1. The van der Waals surface area contributed by atoms with Gasteiger partial charge in [0.15, 0.2) is 0 Å². The van der Waals surface area contributed by atoms with Gasteiger partial charge in [0.25, 0.3) is 5.91 Å². The molecule has 1 aliphatic rings. The van der Waals surface area contributed by atoms with E-state index in [0.29, 0.717) is 24.4 Å². The molecule has 0 aliphatic heterocycles. The van der Waals surface area contributed by atoms with E-state index in [4.69, 9.17) is 10.7 Å². The second-order valence-corrected chi connectivity index (χ2v) is 8.83. The van der Waals surface area contributed by atoms with Crippen LogP contribution >= 0.6 is 11.3 Å². The summed E-state index contributed by atoms with van der Waals surface area (Å²) < 4.78 is 0. The number of aromatic nitrogens is 1. The number of carbonyl (C=O) groups is 1. The topological polar surface area (TPSA) is 68.0 Å². The van der Waals surface area contributed by atoms with E-state index in [9.17, 15) is 4.79 Å². The summed E-state index contributed by atoms with van der Waals surface area (Å²) >= 11 is 1.49. The molecule has 2 aromatic heterocycles. The van der Waals surface area contributed by atoms with Crippen molar-refractivity contribution in [3.05, 3.63) is 28.3 Å². The molecule has 0 saturated heterocycles. The maximum atomic E-state index is 12.2. The molecule has 3 rings (SSSR count). The van der Waals surface area contributed by atoms with E-state index in [1.54, 1.807) is 0 Å². The molecule has 3 N–H and O–H groups in total. The number of aryl methyl sites for hydroxylation is 1. The zero-order chi connectivity index (χ0) is 17.3. The zero-order valence-electron chi connectivity index (χ0n) is 14.8. The largest absolute Gasteiger partial charge is 0.351 e. The fourth-order valence-corrected chi connectivity index (χ4v) is 4.32. The van der Waals surface area contributed by atoms with Crippen molar-refractivity contribution in [3.8, 4) is 0 Å². The standard InChI is InChI=1S/C19H27N3OS/c1-19(2,3)14-5-6-15-12(10-14)9-13-11-16(24-18(13)22-15)17(23)21-8-4-7-20/h9,11,14H,4-8,10,20H2,1-3H3,(H,21,23). The van der Waals surface area contributed by atoms with Crippen LogP contribution in [0.1, 0.15) is 54.5 Å². The van der Waals surface area contributed by atoms with Gasteiger partial charge in [-0.3, -0.25) is 4.79 Å². The maximum Gasteiger partial charge on any atom is 0.261 e. The summed E-state index contributed by atoms with van der Waals surface area (Å²) in [7, 11) is 0. The van der Waals surface area contributed by atoms with Crippen molar-refractivity contribution >= 4 is 27.5 Å². The fourth-order valence-electron chi connectivity index (χ4n) is 3.37. The lowest BCUT2D eigenvalue weighted by Gasteiger charge is -2.34. The third-order valence-electron chi connectivity index (χ3n) is 4.99. The molecule has 1 amide bonds. The van der Waals surface area contributed by atoms with Crippen LogP contribution in [0.15, 0.2) is 12.1 Å². The van der Waals surface area contributed by atoms with Crippen molar-refractivity contribution in [2.45, 2.75) is 46.5 Å². The van der Waals surface area contributed by atoms with Crippen molar-refractivity contribution in [3.63, 3.8) is 0 Å². The maximum absolute atomic E-state index is 12.2. The highest BCUT2D eigenvalue weighted by Crippen LogP contribution is 2.38. The van der Waals surface area contributed by atoms with Crippen LogP contribution in [0.5, 0.6) is 0 Å². The molecule has 0 spiro atoms. The Morgan fingerprint density at radius 1 is 1.42 bits per heavy atom. The number of carbonyl (C=O) groups excluding carboxylic acids is 1. The lowest BCUT2D eigenvalue weighted by atomic mass is 9.71. The van der Waals surface area contributed by atoms with Crippen LogP contribution < -0.4 is 11.1 Å². The Kier molecular flexibility index (Phi) is 4.92. The minimum absolute atomic E-state index is 0.0167. The number of fused-ring (bicyclic) bond motifs is 2. The molecule has 0 radical (unpaired) electrons. The lowest BCUT2D eigenvalue weighted by Crippen LogP contribution is -2.27. The van der Waals surface area contributed by atoms with Crippen LogP contribution in [0.25, 0.3) is 10.2 Å². The van der Waals surface area contributed by atoms with Crippen LogP contribution in [0, 0.1) is 11.3 Å². The molecule has 24 heavy (non-hydrogen) atoms. The molecule has 5 heteroatoms. The third-order valence-corrected chi connectivity index (χ3v) is 6.03. The molecule has 1 aliphatic carbocycles. The van der Waals surface area contributed by atoms with Crippen molar-refractivity contribution in [2.75, 3.05) is 13.1 Å². The molecule has 2 aromatic rings.